The van der Waals surface area contributed by atoms with E-state index in [1.807, 2.05) is 0 Å². The molecular weight excluding hydrogens is 316 g/mol. The molecule has 23 heavy (non-hydrogen) atoms. The maximum atomic E-state index is 11.6. The molecule has 0 unspecified atom stereocenters. The average Bonchev–Trinajstić information content (AvgIpc) is 2.53. The highest BCUT2D eigenvalue weighted by Gasteiger charge is 2.05. The van der Waals surface area contributed by atoms with Crippen molar-refractivity contribution < 1.29 is 19.4 Å². The van der Waals surface area contributed by atoms with Gasteiger partial charge in [-0.05, 0) is 29.8 Å². The second kappa shape index (κ2) is 7.96. The van der Waals surface area contributed by atoms with Gasteiger partial charge in [-0.3, -0.25) is 0 Å². The quantitative estimate of drug-likeness (QED) is 0.526. The molecule has 116 valence electrons. The Kier molecular flexibility index (Phi) is 5.72. The van der Waals surface area contributed by atoms with Crippen LogP contribution in [0.2, 0.25) is 5.02 Å². The Balaban J connectivity index is 1.94. The van der Waals surface area contributed by atoms with E-state index in [-0.39, 0.29) is 5.75 Å². The van der Waals surface area contributed by atoms with Crippen LogP contribution < -0.4 is 0 Å². The molecule has 2 aromatic rings. The van der Waals surface area contributed by atoms with Crippen molar-refractivity contribution >= 4 is 35.7 Å². The van der Waals surface area contributed by atoms with Gasteiger partial charge >= 0.3 is 11.9 Å². The summed E-state index contributed by atoms with van der Waals surface area (Å²) >= 11 is 5.94. The van der Waals surface area contributed by atoms with E-state index < -0.39 is 11.9 Å². The summed E-state index contributed by atoms with van der Waals surface area (Å²) in [5.74, 6) is -1.61. The second-order valence-electron chi connectivity index (χ2n) is 4.49. The molecule has 0 radical (unpaired) electrons. The minimum Gasteiger partial charge on any atom is -0.507 e. The summed E-state index contributed by atoms with van der Waals surface area (Å²) in [6, 6.07) is 13.4. The van der Waals surface area contributed by atoms with Crippen LogP contribution in [0.3, 0.4) is 0 Å². The average molecular weight is 329 g/mol. The van der Waals surface area contributed by atoms with Gasteiger partial charge in [0.2, 0.25) is 0 Å². The lowest BCUT2D eigenvalue weighted by Crippen LogP contribution is -2.06. The van der Waals surface area contributed by atoms with Crippen molar-refractivity contribution in [2.45, 2.75) is 0 Å². The highest BCUT2D eigenvalue weighted by molar-refractivity contribution is 6.32. The number of esters is 2. The highest BCUT2D eigenvalue weighted by atomic mass is 35.5. The first-order valence-electron chi connectivity index (χ1n) is 6.71. The van der Waals surface area contributed by atoms with Gasteiger partial charge in [0.1, 0.15) is 5.75 Å². The SMILES string of the molecule is O=C(C=Cc1ccccc1O)OC(=O)C=Cc1ccccc1Cl. The molecule has 5 heteroatoms. The molecule has 0 aliphatic heterocycles. The standard InChI is InChI=1S/C18H13ClO4/c19-15-7-3-1-5-13(15)9-11-17(21)23-18(22)12-10-14-6-2-4-8-16(14)20/h1-12,20H. The zero-order valence-corrected chi connectivity index (χ0v) is 12.7. The molecular formula is C18H13ClO4. The van der Waals surface area contributed by atoms with E-state index in [2.05, 4.69) is 4.74 Å². The number of phenolic OH excluding ortho intramolecular Hbond substituents is 1. The molecule has 0 aliphatic carbocycles. The monoisotopic (exact) mass is 328 g/mol. The molecule has 1 N–H and O–H groups in total. The third-order valence-electron chi connectivity index (χ3n) is 2.84. The van der Waals surface area contributed by atoms with Crippen LogP contribution in [-0.2, 0) is 14.3 Å². The summed E-state index contributed by atoms with van der Waals surface area (Å²) in [6.07, 6.45) is 5.01. The first-order chi connectivity index (χ1) is 11.1. The van der Waals surface area contributed by atoms with Gasteiger partial charge in [-0.1, -0.05) is 48.0 Å². The highest BCUT2D eigenvalue weighted by Crippen LogP contribution is 2.17. The Labute approximate surface area is 138 Å². The molecule has 0 bridgehead atoms. The zero-order chi connectivity index (χ0) is 16.7. The number of carbonyl (C=O) groups excluding carboxylic acids is 2. The maximum Gasteiger partial charge on any atom is 0.338 e. The smallest absolute Gasteiger partial charge is 0.338 e. The zero-order valence-electron chi connectivity index (χ0n) is 12.0. The normalized spacial score (nSPS) is 11.0. The van der Waals surface area contributed by atoms with Crippen LogP contribution in [0.4, 0.5) is 0 Å². The number of hydrogen-bond donors (Lipinski definition) is 1. The molecule has 0 aliphatic rings. The number of ether oxygens (including phenoxy) is 1. The largest absolute Gasteiger partial charge is 0.507 e. The van der Waals surface area contributed by atoms with Gasteiger partial charge in [0.25, 0.3) is 0 Å². The van der Waals surface area contributed by atoms with Gasteiger partial charge in [0, 0.05) is 22.7 Å². The van der Waals surface area contributed by atoms with Crippen LogP contribution in [-0.4, -0.2) is 17.0 Å². The Morgan fingerprint density at radius 2 is 1.39 bits per heavy atom. The molecule has 0 heterocycles. The molecule has 0 saturated heterocycles. The third kappa shape index (κ3) is 5.13. The topological polar surface area (TPSA) is 63.6 Å². The van der Waals surface area contributed by atoms with Gasteiger partial charge in [-0.2, -0.15) is 0 Å². The summed E-state index contributed by atoms with van der Waals surface area (Å²) in [4.78, 5) is 23.1. The first-order valence-corrected chi connectivity index (χ1v) is 7.08. The van der Waals surface area contributed by atoms with Crippen LogP contribution >= 0.6 is 11.6 Å². The van der Waals surface area contributed by atoms with Gasteiger partial charge < -0.3 is 9.84 Å². The lowest BCUT2D eigenvalue weighted by atomic mass is 10.2. The molecule has 4 nitrogen and oxygen atoms in total. The van der Waals surface area contributed by atoms with Crippen LogP contribution in [0, 0.1) is 0 Å². The third-order valence-corrected chi connectivity index (χ3v) is 3.19. The van der Waals surface area contributed by atoms with Crippen molar-refractivity contribution in [1.29, 1.82) is 0 Å². The van der Waals surface area contributed by atoms with E-state index in [4.69, 9.17) is 11.6 Å². The van der Waals surface area contributed by atoms with Gasteiger partial charge in [-0.25, -0.2) is 9.59 Å². The van der Waals surface area contributed by atoms with Crippen molar-refractivity contribution in [1.82, 2.24) is 0 Å². The van der Waals surface area contributed by atoms with Gasteiger partial charge in [0.15, 0.2) is 0 Å². The Bertz CT molecular complexity index is 713. The summed E-state index contributed by atoms with van der Waals surface area (Å²) in [6.45, 7) is 0. The van der Waals surface area contributed by atoms with Crippen molar-refractivity contribution in [2.24, 2.45) is 0 Å². The molecule has 0 atom stereocenters. The lowest BCUT2D eigenvalue weighted by Gasteiger charge is -1.98. The first kappa shape index (κ1) is 16.5. The van der Waals surface area contributed by atoms with Crippen molar-refractivity contribution in [2.75, 3.05) is 0 Å². The molecule has 0 saturated carbocycles. The predicted molar refractivity (Wildman–Crippen MR) is 88.7 cm³/mol. The summed E-state index contributed by atoms with van der Waals surface area (Å²) in [5, 5.41) is 10.0. The van der Waals surface area contributed by atoms with E-state index in [1.165, 1.54) is 18.2 Å². The predicted octanol–water partition coefficient (Wildman–Crippen LogP) is 3.84. The molecule has 0 spiro atoms. The van der Waals surface area contributed by atoms with Crippen molar-refractivity contribution in [3.8, 4) is 5.75 Å². The van der Waals surface area contributed by atoms with Crippen LogP contribution in [0.1, 0.15) is 11.1 Å². The van der Waals surface area contributed by atoms with Gasteiger partial charge in [-0.15, -0.1) is 0 Å². The van der Waals surface area contributed by atoms with Gasteiger partial charge in [0.05, 0.1) is 0 Å². The minimum absolute atomic E-state index is 0.0292. The number of carbonyl (C=O) groups is 2. The number of halogens is 1. The maximum absolute atomic E-state index is 11.6. The van der Waals surface area contributed by atoms with Crippen molar-refractivity contribution in [3.63, 3.8) is 0 Å². The van der Waals surface area contributed by atoms with E-state index in [0.29, 0.717) is 16.1 Å². The number of hydrogen-bond acceptors (Lipinski definition) is 4. The van der Waals surface area contributed by atoms with Crippen LogP contribution in [0.25, 0.3) is 12.2 Å². The van der Waals surface area contributed by atoms with E-state index >= 15 is 0 Å². The second-order valence-corrected chi connectivity index (χ2v) is 4.89. The molecule has 0 fully saturated rings. The van der Waals surface area contributed by atoms with Crippen LogP contribution in [0.15, 0.2) is 60.7 Å². The number of rotatable bonds is 4. The molecule has 0 amide bonds. The summed E-state index contributed by atoms with van der Waals surface area (Å²) in [5.41, 5.74) is 1.09. The van der Waals surface area contributed by atoms with E-state index in [0.717, 1.165) is 12.2 Å². The fourth-order valence-electron chi connectivity index (χ4n) is 1.72. The lowest BCUT2D eigenvalue weighted by molar-refractivity contribution is -0.152. The summed E-state index contributed by atoms with van der Waals surface area (Å²) in [7, 11) is 0. The van der Waals surface area contributed by atoms with E-state index in [9.17, 15) is 14.7 Å². The minimum atomic E-state index is -0.831. The Morgan fingerprint density at radius 3 is 2.00 bits per heavy atom. The Hall–Kier alpha value is -2.85. The fourth-order valence-corrected chi connectivity index (χ4v) is 1.92. The van der Waals surface area contributed by atoms with Crippen LogP contribution in [0.5, 0.6) is 5.75 Å². The number of para-hydroxylation sites is 1. The Morgan fingerprint density at radius 1 is 0.870 bits per heavy atom. The fraction of sp³-hybridized carbons (Fsp3) is 0. The molecule has 2 aromatic carbocycles. The van der Waals surface area contributed by atoms with Crippen molar-refractivity contribution in [3.05, 3.63) is 76.8 Å². The molecule has 0 aromatic heterocycles. The molecule has 2 rings (SSSR count). The van der Waals surface area contributed by atoms with E-state index in [1.54, 1.807) is 42.5 Å². The number of aromatic hydroxyl groups is 1. The number of phenols is 1. The number of benzene rings is 2. The summed E-state index contributed by atoms with van der Waals surface area (Å²) < 4.78 is 4.60.